The van der Waals surface area contributed by atoms with Crippen LogP contribution >= 0.6 is 0 Å². The van der Waals surface area contributed by atoms with Crippen LogP contribution < -0.4 is 4.90 Å². The number of nitrogens with zero attached hydrogens (tertiary/aromatic N) is 7. The Hall–Kier alpha value is -4.35. The predicted octanol–water partition coefficient (Wildman–Crippen LogP) is 3.58. The molecular weight excluding hydrogens is 473 g/mol. The zero-order valence-electron chi connectivity index (χ0n) is 19.4. The van der Waals surface area contributed by atoms with Crippen molar-refractivity contribution in [3.8, 4) is 0 Å². The van der Waals surface area contributed by atoms with Crippen LogP contribution in [0.15, 0.2) is 55.2 Å². The highest BCUT2D eigenvalue weighted by Gasteiger charge is 2.39. The minimum absolute atomic E-state index is 0.0812. The van der Waals surface area contributed by atoms with Gasteiger partial charge in [-0.15, -0.1) is 0 Å². The number of pyridine rings is 2. The fourth-order valence-electron chi connectivity index (χ4n) is 4.76. The number of imidazole rings is 1. The van der Waals surface area contributed by atoms with Gasteiger partial charge in [-0.1, -0.05) is 0 Å². The first kappa shape index (κ1) is 22.1. The molecule has 0 radical (unpaired) electrons. The molecule has 1 N–H and O–H groups in total. The van der Waals surface area contributed by atoms with E-state index >= 15 is 0 Å². The molecule has 1 amide bonds. The van der Waals surface area contributed by atoms with E-state index in [4.69, 9.17) is 0 Å². The number of carbonyl (C=O) groups is 1. The number of hydrogen-bond donors (Lipinski definition) is 1. The predicted molar refractivity (Wildman–Crippen MR) is 125 cm³/mol. The molecule has 6 heterocycles. The van der Waals surface area contributed by atoms with Crippen LogP contribution in [0.3, 0.4) is 0 Å². The van der Waals surface area contributed by atoms with Crippen molar-refractivity contribution >= 4 is 22.6 Å². The molecule has 1 aliphatic rings. The number of aromatic amines is 1. The third kappa shape index (κ3) is 3.40. The SMILES string of the molecule is CN(C)c1ccc2c(C(=O)N3CCc4[nH]cnc4[C@H]3c3cc4c(C(F)(F)F)cccn4n3)cnn2c1. The quantitative estimate of drug-likeness (QED) is 0.414. The van der Waals surface area contributed by atoms with Crippen molar-refractivity contribution in [2.45, 2.75) is 18.6 Å². The molecule has 5 aromatic heterocycles. The van der Waals surface area contributed by atoms with Gasteiger partial charge in [0.15, 0.2) is 0 Å². The van der Waals surface area contributed by atoms with Crippen molar-refractivity contribution < 1.29 is 18.0 Å². The number of hydrogen-bond acceptors (Lipinski definition) is 5. The van der Waals surface area contributed by atoms with Crippen LogP contribution in [-0.2, 0) is 12.6 Å². The van der Waals surface area contributed by atoms with Crippen LogP contribution in [0, 0.1) is 0 Å². The zero-order chi connectivity index (χ0) is 25.2. The van der Waals surface area contributed by atoms with Crippen LogP contribution in [0.5, 0.6) is 0 Å². The number of H-pyrrole nitrogens is 1. The van der Waals surface area contributed by atoms with Crippen molar-refractivity contribution in [3.63, 3.8) is 0 Å². The average Bonchev–Trinajstić information content (AvgIpc) is 3.59. The van der Waals surface area contributed by atoms with E-state index in [0.29, 0.717) is 35.4 Å². The van der Waals surface area contributed by atoms with Crippen molar-refractivity contribution in [1.29, 1.82) is 0 Å². The molecule has 0 spiro atoms. The fourth-order valence-corrected chi connectivity index (χ4v) is 4.76. The van der Waals surface area contributed by atoms with E-state index in [2.05, 4.69) is 20.2 Å². The van der Waals surface area contributed by atoms with Crippen LogP contribution in [0.2, 0.25) is 0 Å². The molecular formula is C24H21F3N8O. The standard InChI is InChI=1S/C24H21F3N8O/c1-32(2)14-5-6-19-15(11-30-35(19)12-14)23(36)33-9-7-17-21(29-13-28-17)22(33)18-10-20-16(24(25,26)27)4-3-8-34(20)31-18/h3-6,8,10-13,22H,7,9H2,1-2H3,(H,28,29)/t22-/m1/s1. The molecule has 0 aliphatic carbocycles. The van der Waals surface area contributed by atoms with Crippen molar-refractivity contribution in [1.82, 2.24) is 34.1 Å². The van der Waals surface area contributed by atoms with E-state index < -0.39 is 17.8 Å². The molecule has 0 saturated heterocycles. The molecule has 0 aromatic carbocycles. The lowest BCUT2D eigenvalue weighted by Gasteiger charge is -2.33. The lowest BCUT2D eigenvalue weighted by Crippen LogP contribution is -2.41. The maximum Gasteiger partial charge on any atom is 0.418 e. The van der Waals surface area contributed by atoms with Crippen molar-refractivity contribution in [3.05, 3.63) is 83.5 Å². The van der Waals surface area contributed by atoms with Crippen molar-refractivity contribution in [2.24, 2.45) is 0 Å². The second-order valence-corrected chi connectivity index (χ2v) is 8.91. The molecule has 1 aliphatic heterocycles. The van der Waals surface area contributed by atoms with Crippen molar-refractivity contribution in [2.75, 3.05) is 25.5 Å². The molecule has 9 nitrogen and oxygen atoms in total. The Bertz CT molecular complexity index is 1610. The summed E-state index contributed by atoms with van der Waals surface area (Å²) in [4.78, 5) is 24.9. The Kier molecular flexibility index (Phi) is 4.82. The highest BCUT2D eigenvalue weighted by molar-refractivity contribution is 6.01. The van der Waals surface area contributed by atoms with Crippen LogP contribution in [0.4, 0.5) is 18.9 Å². The molecule has 0 saturated carbocycles. The third-order valence-corrected chi connectivity index (χ3v) is 6.54. The fraction of sp³-hybridized carbons (Fsp3) is 0.250. The molecule has 36 heavy (non-hydrogen) atoms. The number of carbonyl (C=O) groups excluding carboxylic acids is 1. The molecule has 1 atom stereocenters. The summed E-state index contributed by atoms with van der Waals surface area (Å²) in [5.41, 5.74) is 2.77. The summed E-state index contributed by atoms with van der Waals surface area (Å²) in [5, 5.41) is 8.80. The molecule has 6 rings (SSSR count). The van der Waals surface area contributed by atoms with Gasteiger partial charge in [-0.3, -0.25) is 4.79 Å². The van der Waals surface area contributed by atoms with E-state index in [1.807, 2.05) is 37.3 Å². The lowest BCUT2D eigenvalue weighted by atomic mass is 9.98. The van der Waals surface area contributed by atoms with Crippen LogP contribution in [0.1, 0.15) is 39.0 Å². The summed E-state index contributed by atoms with van der Waals surface area (Å²) in [5.74, 6) is -0.297. The summed E-state index contributed by atoms with van der Waals surface area (Å²) >= 11 is 0. The maximum absolute atomic E-state index is 13.9. The number of alkyl halides is 3. The number of amides is 1. The minimum atomic E-state index is -4.54. The largest absolute Gasteiger partial charge is 0.418 e. The topological polar surface area (TPSA) is 86.8 Å². The number of halogens is 3. The number of nitrogens with one attached hydrogen (secondary N) is 1. The van der Waals surface area contributed by atoms with Gasteiger partial charge in [0.25, 0.3) is 5.91 Å². The Morgan fingerprint density at radius 3 is 2.78 bits per heavy atom. The van der Waals surface area contributed by atoms with E-state index in [-0.39, 0.29) is 11.4 Å². The summed E-state index contributed by atoms with van der Waals surface area (Å²) in [7, 11) is 3.82. The second-order valence-electron chi connectivity index (χ2n) is 8.91. The molecule has 0 unspecified atom stereocenters. The van der Waals surface area contributed by atoms with Crippen LogP contribution in [-0.4, -0.2) is 60.6 Å². The van der Waals surface area contributed by atoms with Gasteiger partial charge in [0, 0.05) is 39.0 Å². The molecule has 0 bridgehead atoms. The van der Waals surface area contributed by atoms with E-state index in [0.717, 1.165) is 17.4 Å². The minimum Gasteiger partial charge on any atom is -0.376 e. The number of rotatable bonds is 3. The Morgan fingerprint density at radius 1 is 1.17 bits per heavy atom. The zero-order valence-corrected chi connectivity index (χ0v) is 19.4. The number of fused-ring (bicyclic) bond motifs is 3. The second kappa shape index (κ2) is 7.83. The molecule has 5 aromatic rings. The molecule has 184 valence electrons. The summed E-state index contributed by atoms with van der Waals surface area (Å²) in [6.07, 6.45) is 2.32. The molecule has 0 fully saturated rings. The van der Waals surface area contributed by atoms with Gasteiger partial charge in [0.2, 0.25) is 0 Å². The summed E-state index contributed by atoms with van der Waals surface area (Å²) in [6, 6.07) is 6.67. The first-order valence-corrected chi connectivity index (χ1v) is 11.3. The Balaban J connectivity index is 1.46. The van der Waals surface area contributed by atoms with Gasteiger partial charge in [0.05, 0.1) is 58.0 Å². The number of aromatic nitrogens is 6. The highest BCUT2D eigenvalue weighted by atomic mass is 19.4. The third-order valence-electron chi connectivity index (χ3n) is 6.54. The Labute approximate surface area is 202 Å². The highest BCUT2D eigenvalue weighted by Crippen LogP contribution is 2.37. The van der Waals surface area contributed by atoms with E-state index in [9.17, 15) is 18.0 Å². The van der Waals surface area contributed by atoms with Gasteiger partial charge in [-0.2, -0.15) is 23.4 Å². The van der Waals surface area contributed by atoms with Gasteiger partial charge < -0.3 is 14.8 Å². The first-order chi connectivity index (χ1) is 17.2. The molecule has 12 heteroatoms. The van der Waals surface area contributed by atoms with E-state index in [1.165, 1.54) is 35.4 Å². The maximum atomic E-state index is 13.9. The van der Waals surface area contributed by atoms with Gasteiger partial charge >= 0.3 is 6.18 Å². The number of anilines is 1. The average molecular weight is 494 g/mol. The Morgan fingerprint density at radius 2 is 2.00 bits per heavy atom. The van der Waals surface area contributed by atoms with E-state index in [1.54, 1.807) is 9.42 Å². The monoisotopic (exact) mass is 494 g/mol. The summed E-state index contributed by atoms with van der Waals surface area (Å²) < 4.78 is 43.8. The summed E-state index contributed by atoms with van der Waals surface area (Å²) in [6.45, 7) is 0.339. The van der Waals surface area contributed by atoms with Gasteiger partial charge in [-0.05, 0) is 30.3 Å². The first-order valence-electron chi connectivity index (χ1n) is 11.3. The van der Waals surface area contributed by atoms with Crippen LogP contribution in [0.25, 0.3) is 11.0 Å². The smallest absolute Gasteiger partial charge is 0.376 e. The normalized spacial score (nSPS) is 16.0. The lowest BCUT2D eigenvalue weighted by molar-refractivity contribution is -0.136. The van der Waals surface area contributed by atoms with Gasteiger partial charge in [-0.25, -0.2) is 14.0 Å². The van der Waals surface area contributed by atoms with Gasteiger partial charge in [0.1, 0.15) is 6.04 Å².